The number of hydrogen-bond acceptors (Lipinski definition) is 7. The van der Waals surface area contributed by atoms with Crippen LogP contribution in [0.25, 0.3) is 21.9 Å². The highest BCUT2D eigenvalue weighted by atomic mass is 16.7. The Hall–Kier alpha value is -3.45. The molecule has 3 aromatic rings. The smallest absolute Gasteiger partial charge is 0.341 e. The first-order valence-corrected chi connectivity index (χ1v) is 8.39. The Balaban J connectivity index is 1.75. The fourth-order valence-electron chi connectivity index (χ4n) is 3.87. The van der Waals surface area contributed by atoms with Crippen LogP contribution in [0.5, 0.6) is 23.0 Å². The van der Waals surface area contributed by atoms with Crippen molar-refractivity contribution in [3.63, 3.8) is 0 Å². The van der Waals surface area contributed by atoms with Crippen LogP contribution in [0.4, 0.5) is 0 Å². The molecule has 0 spiro atoms. The number of fused-ring (bicyclic) bond motifs is 5. The molecule has 6 rings (SSSR count). The molecule has 0 saturated heterocycles. The molecule has 3 heterocycles. The van der Waals surface area contributed by atoms with E-state index in [1.54, 1.807) is 18.2 Å². The van der Waals surface area contributed by atoms with Gasteiger partial charge in [-0.2, -0.15) is 0 Å². The molecule has 0 aromatic heterocycles. The predicted octanol–water partition coefficient (Wildman–Crippen LogP) is 3.13. The van der Waals surface area contributed by atoms with Crippen molar-refractivity contribution >= 4 is 16.7 Å². The lowest BCUT2D eigenvalue weighted by atomic mass is 9.89. The Labute approximate surface area is 152 Å². The Morgan fingerprint density at radius 2 is 1.67 bits per heavy atom. The first-order valence-electron chi connectivity index (χ1n) is 8.39. The second-order valence-corrected chi connectivity index (χ2v) is 6.44. The van der Waals surface area contributed by atoms with Crippen molar-refractivity contribution in [1.29, 1.82) is 0 Å². The molecule has 3 aromatic carbocycles. The lowest BCUT2D eigenvalue weighted by Gasteiger charge is -2.15. The van der Waals surface area contributed by atoms with Crippen molar-refractivity contribution < 1.29 is 33.6 Å². The molecule has 0 bridgehead atoms. The van der Waals surface area contributed by atoms with Crippen molar-refractivity contribution in [1.82, 2.24) is 0 Å². The van der Waals surface area contributed by atoms with Crippen molar-refractivity contribution in [2.75, 3.05) is 13.6 Å². The normalized spacial score (nSPS) is 18.7. The monoisotopic (exact) mass is 364 g/mol. The summed E-state index contributed by atoms with van der Waals surface area (Å²) in [6.07, 6.45) is -1.35. The zero-order valence-electron chi connectivity index (χ0n) is 13.9. The Morgan fingerprint density at radius 1 is 0.889 bits per heavy atom. The lowest BCUT2D eigenvalue weighted by Crippen LogP contribution is -1.99. The minimum Gasteiger partial charge on any atom is -0.454 e. The molecule has 1 N–H and O–H groups in total. The molecule has 0 radical (unpaired) electrons. The maximum Gasteiger partial charge on any atom is 0.341 e. The number of carbonyl (C=O) groups is 1. The number of esters is 1. The van der Waals surface area contributed by atoms with Crippen molar-refractivity contribution in [2.24, 2.45) is 0 Å². The largest absolute Gasteiger partial charge is 0.454 e. The van der Waals surface area contributed by atoms with Gasteiger partial charge in [0.25, 0.3) is 0 Å². The highest BCUT2D eigenvalue weighted by molar-refractivity contribution is 6.10. The van der Waals surface area contributed by atoms with E-state index >= 15 is 0 Å². The number of rotatable bonds is 1. The summed E-state index contributed by atoms with van der Waals surface area (Å²) < 4.78 is 27.2. The van der Waals surface area contributed by atoms with Crippen LogP contribution >= 0.6 is 0 Å². The fourth-order valence-corrected chi connectivity index (χ4v) is 3.87. The summed E-state index contributed by atoms with van der Waals surface area (Å²) in [5.74, 6) is 1.88. The minimum atomic E-state index is -1.35. The van der Waals surface area contributed by atoms with Gasteiger partial charge in [0.2, 0.25) is 19.9 Å². The van der Waals surface area contributed by atoms with Gasteiger partial charge < -0.3 is 28.8 Å². The first kappa shape index (κ1) is 14.7. The average molecular weight is 364 g/mol. The third-order valence-electron chi connectivity index (χ3n) is 5.03. The summed E-state index contributed by atoms with van der Waals surface area (Å²) in [4.78, 5) is 12.2. The molecule has 0 fully saturated rings. The van der Waals surface area contributed by atoms with E-state index in [9.17, 15) is 9.90 Å². The summed E-state index contributed by atoms with van der Waals surface area (Å²) in [5, 5.41) is 12.0. The van der Waals surface area contributed by atoms with Gasteiger partial charge in [-0.15, -0.1) is 0 Å². The van der Waals surface area contributed by atoms with E-state index in [2.05, 4.69) is 0 Å². The summed E-state index contributed by atoms with van der Waals surface area (Å²) in [6, 6.07) is 10.8. The Morgan fingerprint density at radius 3 is 2.59 bits per heavy atom. The highest BCUT2D eigenvalue weighted by Gasteiger charge is 2.36. The van der Waals surface area contributed by atoms with E-state index in [1.165, 1.54) is 0 Å². The number of hydrogen-bond donors (Lipinski definition) is 1. The van der Waals surface area contributed by atoms with E-state index < -0.39 is 12.3 Å². The standard InChI is InChI=1S/C20H12O7/c21-19-11-5-9-2-4-13-18(26-8-24-13)16(9)15(17(11)20(22)27-19)10-1-3-12-14(6-10)25-7-23-12/h1-6,20,22H,7-8H2. The molecule has 0 amide bonds. The van der Waals surface area contributed by atoms with Gasteiger partial charge in [0, 0.05) is 16.5 Å². The molecule has 7 heteroatoms. The minimum absolute atomic E-state index is 0.115. The van der Waals surface area contributed by atoms with Crippen LogP contribution in [0, 0.1) is 0 Å². The van der Waals surface area contributed by atoms with Gasteiger partial charge in [0.15, 0.2) is 23.0 Å². The molecule has 7 nitrogen and oxygen atoms in total. The number of aliphatic hydroxyl groups is 1. The van der Waals surface area contributed by atoms with E-state index in [-0.39, 0.29) is 13.6 Å². The van der Waals surface area contributed by atoms with E-state index in [4.69, 9.17) is 23.7 Å². The number of aliphatic hydroxyl groups excluding tert-OH is 1. The molecule has 1 unspecified atom stereocenters. The van der Waals surface area contributed by atoms with Gasteiger partial charge >= 0.3 is 5.97 Å². The van der Waals surface area contributed by atoms with Crippen LogP contribution in [-0.4, -0.2) is 24.7 Å². The van der Waals surface area contributed by atoms with Crippen LogP contribution in [-0.2, 0) is 4.74 Å². The highest BCUT2D eigenvalue weighted by Crippen LogP contribution is 2.50. The van der Waals surface area contributed by atoms with Gasteiger partial charge in [0.05, 0.1) is 5.56 Å². The maximum atomic E-state index is 12.2. The van der Waals surface area contributed by atoms with Crippen molar-refractivity contribution in [3.8, 4) is 34.1 Å². The van der Waals surface area contributed by atoms with Gasteiger partial charge in [-0.1, -0.05) is 12.1 Å². The molecule has 0 saturated carbocycles. The molecule has 27 heavy (non-hydrogen) atoms. The second kappa shape index (κ2) is 5.05. The van der Waals surface area contributed by atoms with Gasteiger partial charge in [-0.05, 0) is 35.2 Å². The van der Waals surface area contributed by atoms with Crippen molar-refractivity contribution in [2.45, 2.75) is 6.29 Å². The zero-order chi connectivity index (χ0) is 18.1. The molecular formula is C20H12O7. The molecule has 134 valence electrons. The van der Waals surface area contributed by atoms with Gasteiger partial charge in [-0.3, -0.25) is 0 Å². The van der Waals surface area contributed by atoms with Crippen LogP contribution in [0.3, 0.4) is 0 Å². The van der Waals surface area contributed by atoms with Gasteiger partial charge in [-0.25, -0.2) is 4.79 Å². The average Bonchev–Trinajstić information content (AvgIpc) is 3.39. The predicted molar refractivity (Wildman–Crippen MR) is 92.0 cm³/mol. The summed E-state index contributed by atoms with van der Waals surface area (Å²) in [6.45, 7) is 0.271. The second-order valence-electron chi connectivity index (χ2n) is 6.44. The quantitative estimate of drug-likeness (QED) is 0.664. The number of benzene rings is 3. The topological polar surface area (TPSA) is 83.5 Å². The zero-order valence-corrected chi connectivity index (χ0v) is 13.9. The van der Waals surface area contributed by atoms with Gasteiger partial charge in [0.1, 0.15) is 0 Å². The van der Waals surface area contributed by atoms with Crippen LogP contribution < -0.4 is 18.9 Å². The van der Waals surface area contributed by atoms with E-state index in [0.29, 0.717) is 39.7 Å². The number of cyclic esters (lactones) is 1. The Bertz CT molecular complexity index is 1150. The van der Waals surface area contributed by atoms with Crippen LogP contribution in [0.1, 0.15) is 22.2 Å². The molecular weight excluding hydrogens is 352 g/mol. The molecule has 0 aliphatic carbocycles. The number of carbonyl (C=O) groups excluding carboxylic acids is 1. The van der Waals surface area contributed by atoms with E-state index in [1.807, 2.05) is 18.2 Å². The fraction of sp³-hybridized carbons (Fsp3) is 0.150. The van der Waals surface area contributed by atoms with E-state index in [0.717, 1.165) is 16.3 Å². The lowest BCUT2D eigenvalue weighted by molar-refractivity contribution is -0.0544. The summed E-state index contributed by atoms with van der Waals surface area (Å²) in [7, 11) is 0. The number of ether oxygens (including phenoxy) is 5. The SMILES string of the molecule is O=C1OC(O)c2c1cc1ccc3c(c1c2-c1ccc2c(c1)OCO2)OCO3. The Kier molecular flexibility index (Phi) is 2.75. The van der Waals surface area contributed by atoms with Crippen molar-refractivity contribution in [3.05, 3.63) is 47.5 Å². The third-order valence-corrected chi connectivity index (χ3v) is 5.03. The maximum absolute atomic E-state index is 12.2. The summed E-state index contributed by atoms with van der Waals surface area (Å²) >= 11 is 0. The van der Waals surface area contributed by atoms with Crippen LogP contribution in [0.2, 0.25) is 0 Å². The molecule has 3 aliphatic rings. The van der Waals surface area contributed by atoms with Crippen LogP contribution in [0.15, 0.2) is 36.4 Å². The molecule has 1 atom stereocenters. The third kappa shape index (κ3) is 1.91. The summed E-state index contributed by atoms with van der Waals surface area (Å²) in [5.41, 5.74) is 2.15. The molecule has 3 aliphatic heterocycles. The first-order chi connectivity index (χ1) is 13.2.